The van der Waals surface area contributed by atoms with Gasteiger partial charge in [-0.05, 0) is 101 Å². The number of amides is 1. The highest BCUT2D eigenvalue weighted by Crippen LogP contribution is 2.21. The van der Waals surface area contributed by atoms with E-state index in [2.05, 4.69) is 38.8 Å². The van der Waals surface area contributed by atoms with E-state index < -0.39 is 12.1 Å². The maximum Gasteiger partial charge on any atom is 0.471 e. The second-order valence-electron chi connectivity index (χ2n) is 11.6. The summed E-state index contributed by atoms with van der Waals surface area (Å²) in [7, 11) is 0. The highest BCUT2D eigenvalue weighted by molar-refractivity contribution is 5.95. The number of carbonyl (C=O) groups excluding carboxylic acids is 1. The number of rotatable bonds is 8. The summed E-state index contributed by atoms with van der Waals surface area (Å²) in [6, 6.07) is 20.3. The van der Waals surface area contributed by atoms with Gasteiger partial charge in [0.25, 0.3) is 5.56 Å². The Morgan fingerprint density at radius 3 is 1.96 bits per heavy atom. The molecule has 14 heteroatoms. The Kier molecular flexibility index (Phi) is 14.3. The van der Waals surface area contributed by atoms with Crippen LogP contribution in [0.5, 0.6) is 0 Å². The lowest BCUT2D eigenvalue weighted by Crippen LogP contribution is -2.43. The van der Waals surface area contributed by atoms with Crippen LogP contribution >= 0.6 is 0 Å². The summed E-state index contributed by atoms with van der Waals surface area (Å²) in [6.45, 7) is 23.0. The number of aryl methyl sites for hydroxylation is 2. The fraction of sp³-hybridized carbons (Fsp3) is 0.256. The number of anilines is 5. The van der Waals surface area contributed by atoms with Gasteiger partial charge in [0.15, 0.2) is 0 Å². The second kappa shape index (κ2) is 18.4. The molecule has 280 valence electrons. The van der Waals surface area contributed by atoms with E-state index in [0.29, 0.717) is 47.4 Å². The monoisotopic (exact) mass is 729 g/mol. The van der Waals surface area contributed by atoms with Crippen molar-refractivity contribution >= 4 is 57.8 Å². The average molecular weight is 730 g/mol. The summed E-state index contributed by atoms with van der Waals surface area (Å²) < 4.78 is 40.5. The number of nitrogens with two attached hydrogens (primary N) is 1. The molecule has 5 aromatic rings. The SMILES string of the molecule is C=C(/N=c1\c(=C(C)C)ccc(=C)n1CC)Nc1ccc(NC(=O)C(F)(F)F)cc1.CC.CCn1c(=O)ccc2c(C)nc(Nc3ccc(N)cc3)nc21. The van der Waals surface area contributed by atoms with Crippen LogP contribution in [-0.4, -0.2) is 31.2 Å². The molecule has 2 aromatic carbocycles. The number of alkyl halides is 3. The molecule has 0 spiro atoms. The van der Waals surface area contributed by atoms with E-state index in [-0.39, 0.29) is 11.2 Å². The number of nitrogen functional groups attached to an aromatic ring is 1. The lowest BCUT2D eigenvalue weighted by Gasteiger charge is -2.11. The number of hydrogen-bond acceptors (Lipinski definition) is 8. The molecule has 0 aliphatic carbocycles. The van der Waals surface area contributed by atoms with E-state index in [9.17, 15) is 22.8 Å². The van der Waals surface area contributed by atoms with E-state index in [0.717, 1.165) is 32.9 Å². The maximum absolute atomic E-state index is 12.3. The minimum absolute atomic E-state index is 0.0347. The number of nitrogens with zero attached hydrogens (tertiary/aromatic N) is 5. The van der Waals surface area contributed by atoms with Gasteiger partial charge in [-0.2, -0.15) is 18.2 Å². The van der Waals surface area contributed by atoms with Gasteiger partial charge < -0.3 is 26.3 Å². The van der Waals surface area contributed by atoms with Gasteiger partial charge in [-0.15, -0.1) is 0 Å². The fourth-order valence-corrected chi connectivity index (χ4v) is 5.02. The van der Waals surface area contributed by atoms with E-state index >= 15 is 0 Å². The zero-order valence-electron chi connectivity index (χ0n) is 31.0. The standard InChI is InChI=1S/C21H23F3N4O.C16H17N5O.C2H6/c1-6-28-14(4)7-12-18(13(2)3)19(28)26-15(5)25-16-8-10-17(11-9-16)27-20(29)21(22,23)24;1-3-21-14(22)9-8-13-10(2)18-16(20-15(13)21)19-12-6-4-11(17)5-7-12;1-2/h7-12,25H,4-6H2,1-3H3,(H,27,29);4-9H,3,17H2,1-2H3,(H,18,19,20);1-2H3/b26-19+;;. The van der Waals surface area contributed by atoms with E-state index in [1.807, 2.05) is 77.3 Å². The van der Waals surface area contributed by atoms with E-state index in [4.69, 9.17) is 5.73 Å². The summed E-state index contributed by atoms with van der Waals surface area (Å²) in [6.07, 6.45) is -4.94. The number of nitrogens with one attached hydrogen (secondary N) is 3. The third-order valence-electron chi connectivity index (χ3n) is 7.58. The molecule has 1 amide bonds. The van der Waals surface area contributed by atoms with Gasteiger partial charge in [-0.25, -0.2) is 9.98 Å². The van der Waals surface area contributed by atoms with Crippen molar-refractivity contribution < 1.29 is 18.0 Å². The van der Waals surface area contributed by atoms with Crippen molar-refractivity contribution in [3.8, 4) is 0 Å². The molecular weight excluding hydrogens is 683 g/mol. The van der Waals surface area contributed by atoms with Gasteiger partial charge in [0.2, 0.25) is 5.95 Å². The highest BCUT2D eigenvalue weighted by Gasteiger charge is 2.38. The van der Waals surface area contributed by atoms with Crippen molar-refractivity contribution in [1.82, 2.24) is 19.1 Å². The average Bonchev–Trinajstić information content (AvgIpc) is 3.11. The topological polar surface area (TPSA) is 144 Å². The summed E-state index contributed by atoms with van der Waals surface area (Å²) >= 11 is 0. The number of aromatic nitrogens is 4. The molecule has 5 N–H and O–H groups in total. The molecule has 3 aromatic heterocycles. The van der Waals surface area contributed by atoms with E-state index in [1.54, 1.807) is 34.1 Å². The zero-order valence-corrected chi connectivity index (χ0v) is 31.0. The quantitative estimate of drug-likeness (QED) is 0.132. The first-order valence-corrected chi connectivity index (χ1v) is 17.0. The number of carbonyl (C=O) groups is 1. The Morgan fingerprint density at radius 1 is 0.849 bits per heavy atom. The third-order valence-corrected chi connectivity index (χ3v) is 7.58. The van der Waals surface area contributed by atoms with Gasteiger partial charge in [0, 0.05) is 57.9 Å². The van der Waals surface area contributed by atoms with Crippen LogP contribution in [0.2, 0.25) is 0 Å². The Hall–Kier alpha value is -6.18. The first kappa shape index (κ1) is 41.2. The Balaban J connectivity index is 0.000000281. The number of fused-ring (bicyclic) bond motifs is 1. The largest absolute Gasteiger partial charge is 0.471 e. The van der Waals surface area contributed by atoms with Crippen molar-refractivity contribution in [3.05, 3.63) is 117 Å². The zero-order chi connectivity index (χ0) is 39.5. The smallest absolute Gasteiger partial charge is 0.399 e. The molecule has 5 rings (SSSR count). The molecule has 0 saturated carbocycles. The molecule has 53 heavy (non-hydrogen) atoms. The summed E-state index contributed by atoms with van der Waals surface area (Å²) in [5, 5.41) is 10.6. The molecule has 11 nitrogen and oxygen atoms in total. The van der Waals surface area contributed by atoms with Crippen LogP contribution in [0.1, 0.15) is 47.2 Å². The van der Waals surface area contributed by atoms with Crippen LogP contribution < -0.4 is 43.3 Å². The normalized spacial score (nSPS) is 11.1. The lowest BCUT2D eigenvalue weighted by molar-refractivity contribution is -0.167. The predicted molar refractivity (Wildman–Crippen MR) is 209 cm³/mol. The third kappa shape index (κ3) is 10.9. The summed E-state index contributed by atoms with van der Waals surface area (Å²) in [5.41, 5.74) is 11.0. The lowest BCUT2D eigenvalue weighted by atomic mass is 10.2. The van der Waals surface area contributed by atoms with Gasteiger partial charge >= 0.3 is 12.1 Å². The van der Waals surface area contributed by atoms with Crippen molar-refractivity contribution in [2.24, 2.45) is 4.99 Å². The Bertz CT molecular complexity index is 2310. The van der Waals surface area contributed by atoms with Gasteiger partial charge in [-0.1, -0.05) is 32.6 Å². The van der Waals surface area contributed by atoms with Crippen molar-refractivity contribution in [2.45, 2.75) is 67.7 Å². The fourth-order valence-electron chi connectivity index (χ4n) is 5.02. The van der Waals surface area contributed by atoms with Gasteiger partial charge in [0.05, 0.1) is 5.69 Å². The molecule has 0 fully saturated rings. The molecule has 0 bridgehead atoms. The Morgan fingerprint density at radius 2 is 1.42 bits per heavy atom. The molecule has 0 saturated heterocycles. The molecule has 0 aliphatic heterocycles. The van der Waals surface area contributed by atoms with Crippen LogP contribution in [0.4, 0.5) is 41.9 Å². The molecule has 0 atom stereocenters. The van der Waals surface area contributed by atoms with Crippen LogP contribution in [0.25, 0.3) is 23.2 Å². The number of benzene rings is 2. The van der Waals surface area contributed by atoms with Crippen LogP contribution in [-0.2, 0) is 17.9 Å². The summed E-state index contributed by atoms with van der Waals surface area (Å²) in [5.74, 6) is -1.21. The second-order valence-corrected chi connectivity index (χ2v) is 11.6. The molecule has 0 unspecified atom stereocenters. The number of halogens is 3. The maximum atomic E-state index is 12.3. The van der Waals surface area contributed by atoms with Crippen LogP contribution in [0.3, 0.4) is 0 Å². The molecule has 3 heterocycles. The predicted octanol–water partition coefficient (Wildman–Crippen LogP) is 6.57. The van der Waals surface area contributed by atoms with Gasteiger partial charge in [-0.3, -0.25) is 14.2 Å². The van der Waals surface area contributed by atoms with Crippen molar-refractivity contribution in [3.63, 3.8) is 0 Å². The first-order chi connectivity index (χ1) is 25.1. The Labute approximate surface area is 306 Å². The van der Waals surface area contributed by atoms with E-state index in [1.165, 1.54) is 24.3 Å². The number of pyridine rings is 2. The first-order valence-electron chi connectivity index (χ1n) is 17.0. The van der Waals surface area contributed by atoms with Crippen molar-refractivity contribution in [2.75, 3.05) is 21.7 Å². The minimum atomic E-state index is -4.94. The summed E-state index contributed by atoms with van der Waals surface area (Å²) in [4.78, 5) is 36.5. The highest BCUT2D eigenvalue weighted by atomic mass is 19.4. The molecule has 0 radical (unpaired) electrons. The number of hydrogen-bond donors (Lipinski definition) is 4. The van der Waals surface area contributed by atoms with Crippen molar-refractivity contribution in [1.29, 1.82) is 0 Å². The molecular formula is C39H46F3N9O2. The minimum Gasteiger partial charge on any atom is -0.399 e. The van der Waals surface area contributed by atoms with Gasteiger partial charge in [0.1, 0.15) is 17.0 Å². The molecule has 0 aliphatic rings. The van der Waals surface area contributed by atoms with Crippen LogP contribution in [0, 0.1) is 6.92 Å². The van der Waals surface area contributed by atoms with Crippen LogP contribution in [0.15, 0.2) is 95.0 Å².